The second-order valence-electron chi connectivity index (χ2n) is 5.07. The average Bonchev–Trinajstić information content (AvgIpc) is 2.83. The fourth-order valence-corrected chi connectivity index (χ4v) is 2.68. The maximum atomic E-state index is 6.32. The van der Waals surface area contributed by atoms with E-state index in [0.717, 1.165) is 22.5 Å². The van der Waals surface area contributed by atoms with E-state index in [0.29, 0.717) is 10.0 Å². The molecule has 0 aliphatic heterocycles. The van der Waals surface area contributed by atoms with E-state index in [4.69, 9.17) is 23.2 Å². The number of imidazole rings is 1. The van der Waals surface area contributed by atoms with Crippen LogP contribution in [0.1, 0.15) is 16.7 Å². The van der Waals surface area contributed by atoms with Gasteiger partial charge in [-0.15, -0.1) is 0 Å². The third-order valence-electron chi connectivity index (χ3n) is 3.67. The van der Waals surface area contributed by atoms with E-state index in [1.807, 2.05) is 23.7 Å². The van der Waals surface area contributed by atoms with Gasteiger partial charge in [-0.05, 0) is 43.5 Å². The van der Waals surface area contributed by atoms with Crippen LogP contribution < -0.4 is 0 Å². The molecule has 0 aliphatic rings. The molecule has 2 nitrogen and oxygen atoms in total. The van der Waals surface area contributed by atoms with Gasteiger partial charge in [0.25, 0.3) is 0 Å². The molecule has 0 N–H and O–H groups in total. The van der Waals surface area contributed by atoms with Crippen molar-refractivity contribution in [3.8, 4) is 11.3 Å². The summed E-state index contributed by atoms with van der Waals surface area (Å²) in [4.78, 5) is 4.63. The zero-order valence-electron chi connectivity index (χ0n) is 11.5. The Kier molecular flexibility index (Phi) is 3.23. The van der Waals surface area contributed by atoms with Crippen molar-refractivity contribution >= 4 is 28.8 Å². The zero-order chi connectivity index (χ0) is 14.4. The van der Waals surface area contributed by atoms with Gasteiger partial charge in [-0.1, -0.05) is 35.3 Å². The number of hydrogen-bond acceptors (Lipinski definition) is 1. The fraction of sp³-hybridized carbons (Fsp3) is 0.188. The van der Waals surface area contributed by atoms with Crippen molar-refractivity contribution in [3.63, 3.8) is 0 Å². The molecule has 0 aliphatic carbocycles. The first-order chi connectivity index (χ1) is 9.47. The van der Waals surface area contributed by atoms with Crippen LogP contribution in [-0.4, -0.2) is 9.38 Å². The first-order valence-electron chi connectivity index (χ1n) is 6.38. The molecule has 2 heterocycles. The quantitative estimate of drug-likeness (QED) is 0.601. The molecule has 3 rings (SSSR count). The average molecular weight is 305 g/mol. The lowest BCUT2D eigenvalue weighted by Gasteiger charge is -2.02. The molecule has 0 bridgehead atoms. The second kappa shape index (κ2) is 4.80. The highest BCUT2D eigenvalue weighted by atomic mass is 35.5. The van der Waals surface area contributed by atoms with E-state index in [1.54, 1.807) is 0 Å². The zero-order valence-corrected chi connectivity index (χ0v) is 13.0. The summed E-state index contributed by atoms with van der Waals surface area (Å²) in [5, 5.41) is 1.25. The van der Waals surface area contributed by atoms with Crippen LogP contribution in [0.3, 0.4) is 0 Å². The Labute approximate surface area is 128 Å². The van der Waals surface area contributed by atoms with Crippen molar-refractivity contribution in [2.75, 3.05) is 0 Å². The number of halogens is 2. The molecule has 0 saturated heterocycles. The number of fused-ring (bicyclic) bond motifs is 1. The van der Waals surface area contributed by atoms with E-state index >= 15 is 0 Å². The summed E-state index contributed by atoms with van der Waals surface area (Å²) in [7, 11) is 0. The standard InChI is InChI=1S/C16H14Cl2N2/c1-9-4-5-12(6-10(9)2)14-8-20-7-13(17)11(3)15(18)16(20)19-14/h4-8H,1-3H3. The van der Waals surface area contributed by atoms with Crippen LogP contribution in [0.2, 0.25) is 10.0 Å². The lowest BCUT2D eigenvalue weighted by molar-refractivity contribution is 1.17. The third-order valence-corrected chi connectivity index (χ3v) is 4.50. The van der Waals surface area contributed by atoms with Crippen LogP contribution in [0, 0.1) is 20.8 Å². The topological polar surface area (TPSA) is 17.3 Å². The SMILES string of the molecule is Cc1ccc(-c2cn3cc(Cl)c(C)c(Cl)c3n2)cc1C. The lowest BCUT2D eigenvalue weighted by Crippen LogP contribution is -1.88. The number of benzene rings is 1. The molecular formula is C16H14Cl2N2. The Morgan fingerprint density at radius 2 is 1.75 bits per heavy atom. The predicted molar refractivity (Wildman–Crippen MR) is 84.9 cm³/mol. The number of nitrogens with zero attached hydrogens (tertiary/aromatic N) is 2. The maximum Gasteiger partial charge on any atom is 0.156 e. The summed E-state index contributed by atoms with van der Waals surface area (Å²) in [6, 6.07) is 6.32. The van der Waals surface area contributed by atoms with Gasteiger partial charge in [0.2, 0.25) is 0 Å². The molecule has 1 aromatic carbocycles. The number of hydrogen-bond donors (Lipinski definition) is 0. The van der Waals surface area contributed by atoms with Crippen LogP contribution in [0.25, 0.3) is 16.9 Å². The summed E-state index contributed by atoms with van der Waals surface area (Å²) in [6.07, 6.45) is 3.80. The molecule has 4 heteroatoms. The highest BCUT2D eigenvalue weighted by Crippen LogP contribution is 2.30. The molecule has 3 aromatic rings. The van der Waals surface area contributed by atoms with Crippen LogP contribution in [0.15, 0.2) is 30.6 Å². The molecule has 0 saturated carbocycles. The van der Waals surface area contributed by atoms with Crippen molar-refractivity contribution in [1.29, 1.82) is 0 Å². The minimum atomic E-state index is 0.604. The minimum Gasteiger partial charge on any atom is -0.304 e. The van der Waals surface area contributed by atoms with E-state index in [2.05, 4.69) is 37.0 Å². The summed E-state index contributed by atoms with van der Waals surface area (Å²) >= 11 is 12.5. The summed E-state index contributed by atoms with van der Waals surface area (Å²) in [5.74, 6) is 0. The van der Waals surface area contributed by atoms with Gasteiger partial charge in [-0.2, -0.15) is 0 Å². The van der Waals surface area contributed by atoms with Gasteiger partial charge in [-0.3, -0.25) is 0 Å². The first kappa shape index (κ1) is 13.5. The summed E-state index contributed by atoms with van der Waals surface area (Å²) < 4.78 is 1.88. The van der Waals surface area contributed by atoms with Crippen LogP contribution >= 0.6 is 23.2 Å². The van der Waals surface area contributed by atoms with Gasteiger partial charge in [-0.25, -0.2) is 4.98 Å². The molecule has 0 atom stereocenters. The van der Waals surface area contributed by atoms with Crippen LogP contribution in [0.5, 0.6) is 0 Å². The van der Waals surface area contributed by atoms with Crippen molar-refractivity contribution in [3.05, 3.63) is 57.3 Å². The van der Waals surface area contributed by atoms with E-state index < -0.39 is 0 Å². The maximum absolute atomic E-state index is 6.32. The lowest BCUT2D eigenvalue weighted by atomic mass is 10.1. The van der Waals surface area contributed by atoms with Gasteiger partial charge < -0.3 is 4.40 Å². The predicted octanol–water partition coefficient (Wildman–Crippen LogP) is 5.23. The van der Waals surface area contributed by atoms with Gasteiger partial charge in [0.1, 0.15) is 0 Å². The number of aromatic nitrogens is 2. The molecule has 0 amide bonds. The normalized spacial score (nSPS) is 11.2. The van der Waals surface area contributed by atoms with Gasteiger partial charge in [0, 0.05) is 18.0 Å². The minimum absolute atomic E-state index is 0.604. The van der Waals surface area contributed by atoms with Crippen LogP contribution in [-0.2, 0) is 0 Å². The molecule has 20 heavy (non-hydrogen) atoms. The largest absolute Gasteiger partial charge is 0.304 e. The Morgan fingerprint density at radius 1 is 1.00 bits per heavy atom. The molecule has 0 spiro atoms. The monoisotopic (exact) mass is 304 g/mol. The van der Waals surface area contributed by atoms with E-state index in [9.17, 15) is 0 Å². The molecule has 2 aromatic heterocycles. The highest BCUT2D eigenvalue weighted by Gasteiger charge is 2.12. The van der Waals surface area contributed by atoms with Crippen molar-refractivity contribution in [1.82, 2.24) is 9.38 Å². The smallest absolute Gasteiger partial charge is 0.156 e. The number of pyridine rings is 1. The Hall–Kier alpha value is -1.51. The van der Waals surface area contributed by atoms with Gasteiger partial charge in [0.05, 0.1) is 15.7 Å². The van der Waals surface area contributed by atoms with E-state index in [-0.39, 0.29) is 0 Å². The Bertz CT molecular complexity index is 819. The molecule has 0 fully saturated rings. The van der Waals surface area contributed by atoms with Crippen molar-refractivity contribution in [2.24, 2.45) is 0 Å². The second-order valence-corrected chi connectivity index (χ2v) is 5.86. The first-order valence-corrected chi connectivity index (χ1v) is 7.14. The third kappa shape index (κ3) is 2.09. The van der Waals surface area contributed by atoms with Crippen LogP contribution in [0.4, 0.5) is 0 Å². The molecular weight excluding hydrogens is 291 g/mol. The van der Waals surface area contributed by atoms with Crippen molar-refractivity contribution < 1.29 is 0 Å². The molecule has 0 unspecified atom stereocenters. The summed E-state index contributed by atoms with van der Waals surface area (Å²) in [6.45, 7) is 6.10. The fourth-order valence-electron chi connectivity index (χ4n) is 2.19. The highest BCUT2D eigenvalue weighted by molar-refractivity contribution is 6.37. The van der Waals surface area contributed by atoms with E-state index in [1.165, 1.54) is 11.1 Å². The van der Waals surface area contributed by atoms with Gasteiger partial charge in [0.15, 0.2) is 5.65 Å². The Morgan fingerprint density at radius 3 is 2.45 bits per heavy atom. The molecule has 102 valence electrons. The summed E-state index contributed by atoms with van der Waals surface area (Å²) in [5.41, 5.74) is 6.10. The number of aryl methyl sites for hydroxylation is 2. The molecule has 0 radical (unpaired) electrons. The Balaban J connectivity index is 2.23. The van der Waals surface area contributed by atoms with Gasteiger partial charge >= 0.3 is 0 Å². The number of rotatable bonds is 1. The van der Waals surface area contributed by atoms with Crippen molar-refractivity contribution in [2.45, 2.75) is 20.8 Å².